The van der Waals surface area contributed by atoms with Gasteiger partial charge >= 0.3 is 0 Å². The van der Waals surface area contributed by atoms with Crippen LogP contribution >= 0.6 is 0 Å². The predicted molar refractivity (Wildman–Crippen MR) is 151 cm³/mol. The summed E-state index contributed by atoms with van der Waals surface area (Å²) in [6.45, 7) is 4.95. The number of amides is 1. The van der Waals surface area contributed by atoms with Crippen molar-refractivity contribution in [1.82, 2.24) is 14.5 Å². The summed E-state index contributed by atoms with van der Waals surface area (Å²) in [6.07, 6.45) is 1.24. The summed E-state index contributed by atoms with van der Waals surface area (Å²) in [5.41, 5.74) is 4.21. The molecule has 3 aliphatic heterocycles. The molecular weight excluding hydrogens is 526 g/mol. The highest BCUT2D eigenvalue weighted by Gasteiger charge is 2.37. The molecule has 1 N–H and O–H groups in total. The number of morpholine rings is 1. The maximum Gasteiger partial charge on any atom is 0.243 e. The van der Waals surface area contributed by atoms with Gasteiger partial charge in [0.1, 0.15) is 5.75 Å². The number of rotatable bonds is 7. The topological polar surface area (TPSA) is 88.2 Å². The molecule has 0 spiro atoms. The molecule has 0 saturated carbocycles. The molecule has 8 nitrogen and oxygen atoms in total. The molecule has 0 aliphatic carbocycles. The Balaban J connectivity index is 1.18. The van der Waals surface area contributed by atoms with Gasteiger partial charge in [0.15, 0.2) is 0 Å². The van der Waals surface area contributed by atoms with Gasteiger partial charge < -0.3 is 14.8 Å². The highest BCUT2D eigenvalue weighted by Crippen LogP contribution is 2.34. The van der Waals surface area contributed by atoms with Gasteiger partial charge in [-0.1, -0.05) is 54.6 Å². The fraction of sp³-hybridized carbons (Fsp3) is 0.387. The van der Waals surface area contributed by atoms with Crippen LogP contribution in [0.15, 0.2) is 77.7 Å². The van der Waals surface area contributed by atoms with Gasteiger partial charge in [0.05, 0.1) is 30.8 Å². The monoisotopic (exact) mass is 561 g/mol. The third kappa shape index (κ3) is 5.78. The van der Waals surface area contributed by atoms with E-state index in [4.69, 9.17) is 9.47 Å². The Morgan fingerprint density at radius 1 is 0.925 bits per heavy atom. The second-order valence-electron chi connectivity index (χ2n) is 10.7. The normalized spacial score (nSPS) is 21.6. The quantitative estimate of drug-likeness (QED) is 0.474. The molecule has 210 valence electrons. The third-order valence-electron chi connectivity index (χ3n) is 8.04. The molecule has 6 rings (SSSR count). The van der Waals surface area contributed by atoms with Gasteiger partial charge in [0.2, 0.25) is 15.9 Å². The Hall–Kier alpha value is -3.24. The van der Waals surface area contributed by atoms with Gasteiger partial charge in [-0.15, -0.1) is 0 Å². The second kappa shape index (κ2) is 11.7. The van der Waals surface area contributed by atoms with E-state index in [9.17, 15) is 13.2 Å². The number of fused-ring (bicyclic) bond motifs is 2. The standard InChI is InChI=1S/C31H35N3O5S/c35-31(32-29-12-15-39-30-18-23(10-11-28(29)30)21-33-13-16-38-17-14-33)20-26-19-24-6-4-5-7-25(24)22-34(26)40(36,37)27-8-2-1-3-9-27/h1-11,18,26,29H,12-17,19-22H2,(H,32,35)/t26-,29+/m1/s1. The molecular formula is C31H35N3O5S. The van der Waals surface area contributed by atoms with E-state index >= 15 is 0 Å². The molecule has 3 aromatic carbocycles. The Morgan fingerprint density at radius 3 is 2.48 bits per heavy atom. The summed E-state index contributed by atoms with van der Waals surface area (Å²) in [5, 5.41) is 3.19. The Bertz CT molecular complexity index is 1460. The number of nitrogens with zero attached hydrogens (tertiary/aromatic N) is 2. The molecule has 1 fully saturated rings. The van der Waals surface area contributed by atoms with Crippen molar-refractivity contribution in [1.29, 1.82) is 0 Å². The third-order valence-corrected chi connectivity index (χ3v) is 9.95. The van der Waals surface area contributed by atoms with Crippen molar-refractivity contribution in [3.05, 3.63) is 95.1 Å². The molecule has 0 radical (unpaired) electrons. The van der Waals surface area contributed by atoms with Gasteiger partial charge in [-0.05, 0) is 41.3 Å². The molecule has 1 saturated heterocycles. The average molecular weight is 562 g/mol. The van der Waals surface area contributed by atoms with Crippen LogP contribution in [0.4, 0.5) is 0 Å². The van der Waals surface area contributed by atoms with E-state index in [-0.39, 0.29) is 29.8 Å². The average Bonchev–Trinajstić information content (AvgIpc) is 2.98. The number of carbonyl (C=O) groups excluding carboxylic acids is 1. The summed E-state index contributed by atoms with van der Waals surface area (Å²) in [5.74, 6) is 0.648. The van der Waals surface area contributed by atoms with Crippen LogP contribution in [0.3, 0.4) is 0 Å². The van der Waals surface area contributed by atoms with Gasteiger partial charge in [-0.25, -0.2) is 8.42 Å². The molecule has 9 heteroatoms. The zero-order valence-corrected chi connectivity index (χ0v) is 23.3. The van der Waals surface area contributed by atoms with Crippen LogP contribution in [0, 0.1) is 0 Å². The van der Waals surface area contributed by atoms with E-state index in [2.05, 4.69) is 28.4 Å². The number of nitrogens with one attached hydrogen (secondary N) is 1. The first-order valence-corrected chi connectivity index (χ1v) is 15.4. The zero-order chi connectivity index (χ0) is 27.5. The SMILES string of the molecule is O=C(C[C@H]1Cc2ccccc2CN1S(=O)(=O)c1ccccc1)N[C@H]1CCOc2cc(CN3CCOCC3)ccc21. The summed E-state index contributed by atoms with van der Waals surface area (Å²) < 4.78 is 40.3. The van der Waals surface area contributed by atoms with Crippen LogP contribution in [0.2, 0.25) is 0 Å². The highest BCUT2D eigenvalue weighted by molar-refractivity contribution is 7.89. The fourth-order valence-corrected chi connectivity index (χ4v) is 7.54. The van der Waals surface area contributed by atoms with Crippen LogP contribution in [0.5, 0.6) is 5.75 Å². The Morgan fingerprint density at radius 2 is 1.68 bits per heavy atom. The summed E-state index contributed by atoms with van der Waals surface area (Å²) in [4.78, 5) is 16.1. The lowest BCUT2D eigenvalue weighted by Crippen LogP contribution is -2.47. The fourth-order valence-electron chi connectivity index (χ4n) is 5.91. The van der Waals surface area contributed by atoms with Gasteiger partial charge in [0.25, 0.3) is 0 Å². The van der Waals surface area contributed by atoms with E-state index < -0.39 is 16.1 Å². The zero-order valence-electron chi connectivity index (χ0n) is 22.5. The molecule has 3 heterocycles. The summed E-state index contributed by atoms with van der Waals surface area (Å²) >= 11 is 0. The van der Waals surface area contributed by atoms with Crippen molar-refractivity contribution < 1.29 is 22.7 Å². The van der Waals surface area contributed by atoms with Gasteiger partial charge in [-0.3, -0.25) is 9.69 Å². The van der Waals surface area contributed by atoms with Crippen molar-refractivity contribution in [2.45, 2.75) is 49.3 Å². The van der Waals surface area contributed by atoms with E-state index in [1.807, 2.05) is 24.3 Å². The largest absolute Gasteiger partial charge is 0.493 e. The smallest absolute Gasteiger partial charge is 0.243 e. The minimum atomic E-state index is -3.78. The molecule has 1 amide bonds. The van der Waals surface area contributed by atoms with Crippen LogP contribution in [0.25, 0.3) is 0 Å². The maximum absolute atomic E-state index is 13.7. The lowest BCUT2D eigenvalue weighted by molar-refractivity contribution is -0.123. The molecule has 0 aromatic heterocycles. The first kappa shape index (κ1) is 27.0. The van der Waals surface area contributed by atoms with E-state index in [0.29, 0.717) is 19.4 Å². The van der Waals surface area contributed by atoms with Crippen LogP contribution < -0.4 is 10.1 Å². The maximum atomic E-state index is 13.7. The minimum absolute atomic E-state index is 0.0855. The molecule has 0 bridgehead atoms. The van der Waals surface area contributed by atoms with E-state index in [1.165, 1.54) is 9.87 Å². The van der Waals surface area contributed by atoms with Crippen molar-refractivity contribution in [2.24, 2.45) is 0 Å². The second-order valence-corrected chi connectivity index (χ2v) is 12.6. The van der Waals surface area contributed by atoms with Crippen molar-refractivity contribution in [3.8, 4) is 5.75 Å². The highest BCUT2D eigenvalue weighted by atomic mass is 32.2. The first-order valence-electron chi connectivity index (χ1n) is 14.0. The van der Waals surface area contributed by atoms with Crippen molar-refractivity contribution in [2.75, 3.05) is 32.9 Å². The number of ether oxygens (including phenoxy) is 2. The molecule has 3 aromatic rings. The number of hydrogen-bond acceptors (Lipinski definition) is 6. The lowest BCUT2D eigenvalue weighted by atomic mass is 9.93. The molecule has 2 atom stereocenters. The van der Waals surface area contributed by atoms with Crippen LogP contribution in [0.1, 0.15) is 41.1 Å². The number of benzene rings is 3. The molecule has 0 unspecified atom stereocenters. The van der Waals surface area contributed by atoms with Gasteiger partial charge in [0, 0.05) is 50.6 Å². The summed E-state index contributed by atoms with van der Waals surface area (Å²) in [6, 6.07) is 21.9. The van der Waals surface area contributed by atoms with E-state index in [0.717, 1.165) is 55.3 Å². The summed E-state index contributed by atoms with van der Waals surface area (Å²) in [7, 11) is -3.78. The Kier molecular flexibility index (Phi) is 7.89. The number of carbonyl (C=O) groups is 1. The van der Waals surface area contributed by atoms with Crippen molar-refractivity contribution in [3.63, 3.8) is 0 Å². The first-order chi connectivity index (χ1) is 19.5. The predicted octanol–water partition coefficient (Wildman–Crippen LogP) is 3.66. The van der Waals surface area contributed by atoms with E-state index in [1.54, 1.807) is 30.3 Å². The van der Waals surface area contributed by atoms with Crippen LogP contribution in [-0.2, 0) is 39.1 Å². The molecule has 3 aliphatic rings. The number of hydrogen-bond donors (Lipinski definition) is 1. The molecule has 40 heavy (non-hydrogen) atoms. The Labute approximate surface area is 235 Å². The van der Waals surface area contributed by atoms with Crippen molar-refractivity contribution >= 4 is 15.9 Å². The van der Waals surface area contributed by atoms with Crippen LogP contribution in [-0.4, -0.2) is 62.5 Å². The lowest BCUT2D eigenvalue weighted by Gasteiger charge is -2.36. The minimum Gasteiger partial charge on any atom is -0.493 e. The van der Waals surface area contributed by atoms with Gasteiger partial charge in [-0.2, -0.15) is 4.31 Å². The number of sulfonamides is 1.